The predicted octanol–water partition coefficient (Wildman–Crippen LogP) is 10.4. The molecule has 0 saturated carbocycles. The Balaban J connectivity index is 1.28. The van der Waals surface area contributed by atoms with E-state index in [9.17, 15) is 4.21 Å². The summed E-state index contributed by atoms with van der Waals surface area (Å²) in [5, 5.41) is 1.74. The zero-order valence-electron chi connectivity index (χ0n) is 25.5. The summed E-state index contributed by atoms with van der Waals surface area (Å²) in [4.78, 5) is 16.2. The molecule has 0 spiro atoms. The number of furan rings is 1. The third-order valence-electron chi connectivity index (χ3n) is 8.53. The van der Waals surface area contributed by atoms with Gasteiger partial charge in [-0.3, -0.25) is 0 Å². The van der Waals surface area contributed by atoms with Crippen LogP contribution in [0.4, 0.5) is 5.69 Å². The second-order valence-corrected chi connectivity index (χ2v) is 13.7. The van der Waals surface area contributed by atoms with Crippen LogP contribution in [0.3, 0.4) is 0 Å². The Morgan fingerprint density at radius 1 is 0.521 bits per heavy atom. The predicted molar refractivity (Wildman–Crippen MR) is 193 cm³/mol. The molecule has 3 heterocycles. The molecule has 0 amide bonds. The highest BCUT2D eigenvalue weighted by Gasteiger charge is 2.26. The smallest absolute Gasteiger partial charge is 0.164 e. The average molecular weight is 639 g/mol. The van der Waals surface area contributed by atoms with Crippen molar-refractivity contribution in [2.45, 2.75) is 4.90 Å². The molecule has 0 bridgehead atoms. The lowest BCUT2D eigenvalue weighted by Crippen LogP contribution is -2.07. The minimum absolute atomic E-state index is 0.537. The van der Waals surface area contributed by atoms with Gasteiger partial charge in [-0.15, -0.1) is 0 Å². The van der Waals surface area contributed by atoms with Crippen LogP contribution in [0.2, 0.25) is 0 Å². The summed E-state index contributed by atoms with van der Waals surface area (Å²) in [7, 11) is -2.99. The standard InChI is InChI=1S/C41H26N4O2S/c46-48(31-18-8-3-9-19-31)37(26-29-17-10-11-21-34(29)45-48)30-23-24-35-33(25-30)38-32(20-12-22-36(38)47-35)41-43-39(27-13-4-1-5-14-27)42-40(44-41)28-15-6-2-7-16-28/h1-26H. The van der Waals surface area contributed by atoms with Gasteiger partial charge in [-0.1, -0.05) is 109 Å². The number of rotatable bonds is 5. The van der Waals surface area contributed by atoms with Crippen LogP contribution in [-0.4, -0.2) is 19.2 Å². The lowest BCUT2D eigenvalue weighted by Gasteiger charge is -2.20. The van der Waals surface area contributed by atoms with Gasteiger partial charge in [0.05, 0.1) is 15.5 Å². The SMILES string of the molecule is O=S1(c2ccccc2)=Nc2ccccc2C=C1c1ccc2oc3cccc(-c4nc(-c5ccccc5)nc(-c5ccccc5)n4)c3c2c1. The highest BCUT2D eigenvalue weighted by Crippen LogP contribution is 2.43. The minimum Gasteiger partial charge on any atom is -0.456 e. The van der Waals surface area contributed by atoms with Crippen LogP contribution in [0.1, 0.15) is 11.1 Å². The van der Waals surface area contributed by atoms with Crippen molar-refractivity contribution in [3.8, 4) is 34.2 Å². The normalized spacial score (nSPS) is 15.5. The molecular weight excluding hydrogens is 613 g/mol. The summed E-state index contributed by atoms with van der Waals surface area (Å²) in [6, 6.07) is 49.0. The maximum absolute atomic E-state index is 15.0. The topological polar surface area (TPSA) is 81.2 Å². The highest BCUT2D eigenvalue weighted by molar-refractivity contribution is 8.03. The molecule has 7 heteroatoms. The maximum Gasteiger partial charge on any atom is 0.164 e. The first-order valence-corrected chi connectivity index (χ1v) is 17.1. The molecule has 1 aliphatic heterocycles. The maximum atomic E-state index is 15.0. The third-order valence-corrected chi connectivity index (χ3v) is 10.8. The average Bonchev–Trinajstić information content (AvgIpc) is 3.54. The Morgan fingerprint density at radius 2 is 1.15 bits per heavy atom. The Labute approximate surface area is 277 Å². The van der Waals surface area contributed by atoms with Crippen LogP contribution in [0, 0.1) is 0 Å². The molecule has 0 N–H and O–H groups in total. The molecule has 228 valence electrons. The Morgan fingerprint density at radius 3 is 1.85 bits per heavy atom. The van der Waals surface area contributed by atoms with Crippen molar-refractivity contribution in [1.82, 2.24) is 15.0 Å². The Kier molecular flexibility index (Phi) is 6.59. The quantitative estimate of drug-likeness (QED) is 0.187. The van der Waals surface area contributed by atoms with E-state index in [2.05, 4.69) is 6.07 Å². The van der Waals surface area contributed by atoms with Gasteiger partial charge in [0.15, 0.2) is 17.5 Å². The van der Waals surface area contributed by atoms with Gasteiger partial charge in [0.1, 0.15) is 20.9 Å². The van der Waals surface area contributed by atoms with Crippen LogP contribution < -0.4 is 0 Å². The van der Waals surface area contributed by atoms with E-state index in [0.29, 0.717) is 44.1 Å². The van der Waals surface area contributed by atoms with Crippen molar-refractivity contribution in [2.24, 2.45) is 4.36 Å². The number of nitrogens with zero attached hydrogens (tertiary/aromatic N) is 4. The second-order valence-electron chi connectivity index (χ2n) is 11.5. The number of hydrogen-bond donors (Lipinski definition) is 0. The molecular formula is C41H26N4O2S. The zero-order valence-corrected chi connectivity index (χ0v) is 26.3. The largest absolute Gasteiger partial charge is 0.456 e. The number of benzene rings is 6. The molecule has 48 heavy (non-hydrogen) atoms. The van der Waals surface area contributed by atoms with Crippen LogP contribution >= 0.6 is 0 Å². The molecule has 9 rings (SSSR count). The molecule has 1 unspecified atom stereocenters. The fraction of sp³-hybridized carbons (Fsp3) is 0. The van der Waals surface area contributed by atoms with Gasteiger partial charge in [0, 0.05) is 33.0 Å². The van der Waals surface area contributed by atoms with Crippen molar-refractivity contribution in [2.75, 3.05) is 0 Å². The van der Waals surface area contributed by atoms with Crippen molar-refractivity contribution in [3.05, 3.63) is 163 Å². The van der Waals surface area contributed by atoms with Gasteiger partial charge in [-0.05, 0) is 54.1 Å². The van der Waals surface area contributed by atoms with E-state index in [1.54, 1.807) is 0 Å². The molecule has 8 aromatic rings. The van der Waals surface area contributed by atoms with Crippen LogP contribution in [0.25, 0.3) is 67.1 Å². The van der Waals surface area contributed by atoms with E-state index in [0.717, 1.165) is 38.6 Å². The molecule has 1 atom stereocenters. The number of fused-ring (bicyclic) bond motifs is 4. The number of aromatic nitrogens is 3. The summed E-state index contributed by atoms with van der Waals surface area (Å²) in [5.74, 6) is 1.70. The zero-order chi connectivity index (χ0) is 32.1. The van der Waals surface area contributed by atoms with Crippen LogP contribution in [0.5, 0.6) is 0 Å². The third kappa shape index (κ3) is 4.71. The molecule has 0 aliphatic carbocycles. The molecule has 0 fully saturated rings. The summed E-state index contributed by atoms with van der Waals surface area (Å²) < 4.78 is 26.3. The van der Waals surface area contributed by atoms with Crippen molar-refractivity contribution >= 4 is 48.3 Å². The van der Waals surface area contributed by atoms with E-state index in [1.165, 1.54) is 0 Å². The second kappa shape index (κ2) is 11.3. The molecule has 0 saturated heterocycles. The Hall–Kier alpha value is -6.18. The Bertz CT molecular complexity index is 2600. The summed E-state index contributed by atoms with van der Waals surface area (Å²) in [6.07, 6.45) is 2.01. The molecule has 6 nitrogen and oxygen atoms in total. The van der Waals surface area contributed by atoms with Crippen molar-refractivity contribution in [3.63, 3.8) is 0 Å². The molecule has 6 aromatic carbocycles. The van der Waals surface area contributed by atoms with Gasteiger partial charge in [0.25, 0.3) is 0 Å². The first-order valence-electron chi connectivity index (χ1n) is 15.6. The molecule has 0 radical (unpaired) electrons. The van der Waals surface area contributed by atoms with E-state index in [1.807, 2.05) is 152 Å². The lowest BCUT2D eigenvalue weighted by molar-refractivity contribution is 0.669. The van der Waals surface area contributed by atoms with E-state index in [-0.39, 0.29) is 0 Å². The van der Waals surface area contributed by atoms with E-state index < -0.39 is 9.73 Å². The van der Waals surface area contributed by atoms with Gasteiger partial charge >= 0.3 is 0 Å². The fourth-order valence-electron chi connectivity index (χ4n) is 6.22. The monoisotopic (exact) mass is 638 g/mol. The first-order chi connectivity index (χ1) is 23.6. The van der Waals surface area contributed by atoms with Gasteiger partial charge in [-0.2, -0.15) is 4.36 Å². The lowest BCUT2D eigenvalue weighted by atomic mass is 10.0. The van der Waals surface area contributed by atoms with Crippen LogP contribution in [0.15, 0.2) is 165 Å². The van der Waals surface area contributed by atoms with E-state index in [4.69, 9.17) is 23.7 Å². The molecule has 2 aromatic heterocycles. The van der Waals surface area contributed by atoms with E-state index >= 15 is 0 Å². The minimum atomic E-state index is -2.99. The van der Waals surface area contributed by atoms with Crippen molar-refractivity contribution in [1.29, 1.82) is 0 Å². The van der Waals surface area contributed by atoms with Gasteiger partial charge in [-0.25, -0.2) is 19.2 Å². The van der Waals surface area contributed by atoms with Gasteiger partial charge in [0.2, 0.25) is 0 Å². The first kappa shape index (κ1) is 28.1. The van der Waals surface area contributed by atoms with Gasteiger partial charge < -0.3 is 4.42 Å². The summed E-state index contributed by atoms with van der Waals surface area (Å²) >= 11 is 0. The number of hydrogen-bond acceptors (Lipinski definition) is 6. The fourth-order valence-corrected chi connectivity index (χ4v) is 8.38. The summed E-state index contributed by atoms with van der Waals surface area (Å²) in [6.45, 7) is 0. The van der Waals surface area contributed by atoms with Crippen molar-refractivity contribution < 1.29 is 8.63 Å². The summed E-state index contributed by atoms with van der Waals surface area (Å²) in [5.41, 5.74) is 6.47. The molecule has 1 aliphatic rings. The highest BCUT2D eigenvalue weighted by atomic mass is 32.2. The van der Waals surface area contributed by atoms with Crippen LogP contribution in [-0.2, 0) is 9.73 Å².